The van der Waals surface area contributed by atoms with Crippen molar-refractivity contribution >= 4 is 11.6 Å². The summed E-state index contributed by atoms with van der Waals surface area (Å²) in [5, 5.41) is 6.23. The van der Waals surface area contributed by atoms with Crippen molar-refractivity contribution in [1.82, 2.24) is 5.32 Å². The zero-order valence-corrected chi connectivity index (χ0v) is 11.2. The zero-order chi connectivity index (χ0) is 13.0. The van der Waals surface area contributed by atoms with Gasteiger partial charge in [0.2, 0.25) is 5.91 Å². The van der Waals surface area contributed by atoms with Crippen molar-refractivity contribution in [3.05, 3.63) is 30.3 Å². The number of hydrogen-bond acceptors (Lipinski definition) is 2. The summed E-state index contributed by atoms with van der Waals surface area (Å²) in [5.41, 5.74) is 1.28. The molecular weight excluding hydrogens is 224 g/mol. The van der Waals surface area contributed by atoms with E-state index in [0.717, 1.165) is 12.1 Å². The summed E-state index contributed by atoms with van der Waals surface area (Å²) in [6, 6.07) is 10.1. The molecule has 3 nitrogen and oxygen atoms in total. The van der Waals surface area contributed by atoms with Gasteiger partial charge < -0.3 is 10.6 Å². The molecule has 1 aromatic rings. The Morgan fingerprint density at radius 2 is 2.06 bits per heavy atom. The lowest BCUT2D eigenvalue weighted by atomic mass is 9.92. The Kier molecular flexibility index (Phi) is 4.02. The van der Waals surface area contributed by atoms with Crippen molar-refractivity contribution in [2.75, 3.05) is 11.9 Å². The van der Waals surface area contributed by atoms with Gasteiger partial charge in [-0.2, -0.15) is 0 Å². The first kappa shape index (κ1) is 13.1. The van der Waals surface area contributed by atoms with Crippen LogP contribution < -0.4 is 10.6 Å². The largest absolute Gasteiger partial charge is 0.325 e. The number of carbonyl (C=O) groups excluding carboxylic acids is 1. The monoisotopic (exact) mass is 246 g/mol. The van der Waals surface area contributed by atoms with Crippen LogP contribution in [0.4, 0.5) is 5.69 Å². The predicted octanol–water partition coefficient (Wildman–Crippen LogP) is 2.79. The van der Waals surface area contributed by atoms with E-state index in [1.165, 1.54) is 12.8 Å². The Labute approximate surface area is 109 Å². The molecular formula is C15H22N2O. The third-order valence-electron chi connectivity index (χ3n) is 3.58. The molecule has 0 spiro atoms. The number of carbonyl (C=O) groups is 1. The second-order valence-electron chi connectivity index (χ2n) is 5.90. The predicted molar refractivity (Wildman–Crippen MR) is 74.5 cm³/mol. The Morgan fingerprint density at radius 3 is 2.67 bits per heavy atom. The number of amides is 1. The zero-order valence-electron chi connectivity index (χ0n) is 11.2. The third kappa shape index (κ3) is 3.84. The van der Waals surface area contributed by atoms with Crippen LogP contribution in [0.1, 0.15) is 33.1 Å². The van der Waals surface area contributed by atoms with Crippen molar-refractivity contribution in [2.24, 2.45) is 5.41 Å². The highest BCUT2D eigenvalue weighted by Crippen LogP contribution is 2.36. The van der Waals surface area contributed by atoms with Crippen LogP contribution >= 0.6 is 0 Å². The number of benzene rings is 1. The van der Waals surface area contributed by atoms with E-state index in [1.807, 2.05) is 30.3 Å². The van der Waals surface area contributed by atoms with Crippen molar-refractivity contribution in [2.45, 2.75) is 39.2 Å². The minimum absolute atomic E-state index is 0.0332. The van der Waals surface area contributed by atoms with Gasteiger partial charge in [-0.1, -0.05) is 32.0 Å². The van der Waals surface area contributed by atoms with Gasteiger partial charge in [-0.3, -0.25) is 4.79 Å². The van der Waals surface area contributed by atoms with E-state index >= 15 is 0 Å². The highest BCUT2D eigenvalue weighted by molar-refractivity contribution is 5.92. The lowest BCUT2D eigenvalue weighted by molar-refractivity contribution is -0.115. The van der Waals surface area contributed by atoms with Gasteiger partial charge in [0.1, 0.15) is 0 Å². The van der Waals surface area contributed by atoms with Gasteiger partial charge in [0, 0.05) is 11.7 Å². The van der Waals surface area contributed by atoms with E-state index in [0.29, 0.717) is 18.0 Å². The van der Waals surface area contributed by atoms with Gasteiger partial charge in [0.15, 0.2) is 0 Å². The summed E-state index contributed by atoms with van der Waals surface area (Å²) in [7, 11) is 0. The van der Waals surface area contributed by atoms with Crippen molar-refractivity contribution < 1.29 is 4.79 Å². The maximum Gasteiger partial charge on any atom is 0.238 e. The molecule has 2 rings (SSSR count). The van der Waals surface area contributed by atoms with Crippen LogP contribution in [0.2, 0.25) is 0 Å². The van der Waals surface area contributed by atoms with E-state index in [1.54, 1.807) is 0 Å². The summed E-state index contributed by atoms with van der Waals surface area (Å²) in [6.45, 7) is 4.98. The van der Waals surface area contributed by atoms with Gasteiger partial charge in [0.05, 0.1) is 6.54 Å². The minimum atomic E-state index is 0.0332. The summed E-state index contributed by atoms with van der Waals surface area (Å²) in [5.74, 6) is 0.0332. The fourth-order valence-corrected chi connectivity index (χ4v) is 2.57. The van der Waals surface area contributed by atoms with Crippen LogP contribution in [0, 0.1) is 5.41 Å². The first-order valence-electron chi connectivity index (χ1n) is 6.63. The standard InChI is InChI=1S/C15H22N2O/c1-15(2)9-8-13(10-15)16-11-14(18)17-12-6-4-3-5-7-12/h3-7,13,16H,8-11H2,1-2H3,(H,17,18). The maximum atomic E-state index is 11.8. The Hall–Kier alpha value is -1.35. The van der Waals surface area contributed by atoms with Gasteiger partial charge in [-0.25, -0.2) is 0 Å². The second-order valence-corrected chi connectivity index (χ2v) is 5.90. The molecule has 1 saturated carbocycles. The van der Waals surface area contributed by atoms with E-state index in [9.17, 15) is 4.79 Å². The van der Waals surface area contributed by atoms with Crippen molar-refractivity contribution in [1.29, 1.82) is 0 Å². The first-order chi connectivity index (χ1) is 8.55. The molecule has 1 aromatic carbocycles. The van der Waals surface area contributed by atoms with Crippen LogP contribution in [0.25, 0.3) is 0 Å². The average molecular weight is 246 g/mol. The molecule has 1 aliphatic carbocycles. The van der Waals surface area contributed by atoms with Gasteiger partial charge in [-0.05, 0) is 36.8 Å². The molecule has 1 fully saturated rings. The topological polar surface area (TPSA) is 41.1 Å². The molecule has 0 aromatic heterocycles. The molecule has 1 aliphatic rings. The molecule has 0 bridgehead atoms. The van der Waals surface area contributed by atoms with Crippen LogP contribution in [0.3, 0.4) is 0 Å². The average Bonchev–Trinajstić information content (AvgIpc) is 2.68. The Balaban J connectivity index is 1.73. The highest BCUT2D eigenvalue weighted by atomic mass is 16.1. The lowest BCUT2D eigenvalue weighted by Gasteiger charge is -2.17. The van der Waals surface area contributed by atoms with E-state index < -0.39 is 0 Å². The van der Waals surface area contributed by atoms with E-state index in [-0.39, 0.29) is 5.91 Å². The molecule has 0 radical (unpaired) electrons. The molecule has 1 unspecified atom stereocenters. The fourth-order valence-electron chi connectivity index (χ4n) is 2.57. The molecule has 2 N–H and O–H groups in total. The quantitative estimate of drug-likeness (QED) is 0.857. The number of para-hydroxylation sites is 1. The van der Waals surface area contributed by atoms with Crippen LogP contribution in [-0.4, -0.2) is 18.5 Å². The fraction of sp³-hybridized carbons (Fsp3) is 0.533. The molecule has 0 aliphatic heterocycles. The molecule has 0 saturated heterocycles. The van der Waals surface area contributed by atoms with Crippen LogP contribution in [0.5, 0.6) is 0 Å². The van der Waals surface area contributed by atoms with Gasteiger partial charge in [-0.15, -0.1) is 0 Å². The first-order valence-corrected chi connectivity index (χ1v) is 6.63. The van der Waals surface area contributed by atoms with Crippen molar-refractivity contribution in [3.8, 4) is 0 Å². The molecule has 1 amide bonds. The van der Waals surface area contributed by atoms with Crippen molar-refractivity contribution in [3.63, 3.8) is 0 Å². The summed E-state index contributed by atoms with van der Waals surface area (Å²) in [6.07, 6.45) is 3.57. The molecule has 98 valence electrons. The molecule has 1 atom stereocenters. The summed E-state index contributed by atoms with van der Waals surface area (Å²) >= 11 is 0. The number of nitrogens with one attached hydrogen (secondary N) is 2. The normalized spacial score (nSPS) is 21.8. The summed E-state index contributed by atoms with van der Waals surface area (Å²) in [4.78, 5) is 11.8. The third-order valence-corrected chi connectivity index (χ3v) is 3.58. The van der Waals surface area contributed by atoms with E-state index in [4.69, 9.17) is 0 Å². The minimum Gasteiger partial charge on any atom is -0.325 e. The highest BCUT2D eigenvalue weighted by Gasteiger charge is 2.30. The van der Waals surface area contributed by atoms with Crippen LogP contribution in [-0.2, 0) is 4.79 Å². The SMILES string of the molecule is CC1(C)CCC(NCC(=O)Nc2ccccc2)C1. The Morgan fingerprint density at radius 1 is 1.33 bits per heavy atom. The Bertz CT molecular complexity index is 400. The maximum absolute atomic E-state index is 11.8. The number of rotatable bonds is 4. The second kappa shape index (κ2) is 5.53. The van der Waals surface area contributed by atoms with Gasteiger partial charge in [0.25, 0.3) is 0 Å². The van der Waals surface area contributed by atoms with Crippen LogP contribution in [0.15, 0.2) is 30.3 Å². The molecule has 0 heterocycles. The van der Waals surface area contributed by atoms with Gasteiger partial charge >= 0.3 is 0 Å². The lowest BCUT2D eigenvalue weighted by Crippen LogP contribution is -2.35. The molecule has 18 heavy (non-hydrogen) atoms. The smallest absolute Gasteiger partial charge is 0.238 e. The van der Waals surface area contributed by atoms with E-state index in [2.05, 4.69) is 24.5 Å². The number of anilines is 1. The molecule has 3 heteroatoms. The number of hydrogen-bond donors (Lipinski definition) is 2. The summed E-state index contributed by atoms with van der Waals surface area (Å²) < 4.78 is 0.